The number of esters is 2. The van der Waals surface area contributed by atoms with Crippen LogP contribution in [0.3, 0.4) is 0 Å². The molecule has 2 heterocycles. The molecule has 0 spiro atoms. The summed E-state index contributed by atoms with van der Waals surface area (Å²) in [4.78, 5) is 39.0. The van der Waals surface area contributed by atoms with Gasteiger partial charge in [0.25, 0.3) is 0 Å². The number of rotatable bonds is 12. The molecule has 12 nitrogen and oxygen atoms in total. The Bertz CT molecular complexity index is 981. The highest BCUT2D eigenvalue weighted by Crippen LogP contribution is 2.45. The standard InChI is InChI=1S/C25H37N3O9S/c1-4-9-14(13-25(10-7-8-11-25)23(34)26-24-28-27-15(6-3)38-24)20(32)37-22-18(31)16(29)17(30)19(36-22)21(33)35-12-5-2/h5,14,16-19,22,29-31H,2,4,6-13H2,1,3H3,(H,26,28,34)/t14-,16+,17+,18-,19+,22-/m1/s1. The molecular weight excluding hydrogens is 518 g/mol. The van der Waals surface area contributed by atoms with Crippen LogP contribution in [0.5, 0.6) is 0 Å². The predicted octanol–water partition coefficient (Wildman–Crippen LogP) is 1.49. The van der Waals surface area contributed by atoms with E-state index in [4.69, 9.17) is 14.2 Å². The topological polar surface area (TPSA) is 177 Å². The van der Waals surface area contributed by atoms with Crippen LogP contribution in [-0.4, -0.2) is 80.7 Å². The molecule has 0 aromatic carbocycles. The molecular formula is C25H37N3O9S. The molecule has 1 amide bonds. The summed E-state index contributed by atoms with van der Waals surface area (Å²) in [7, 11) is 0. The minimum Gasteiger partial charge on any atom is -0.459 e. The first-order valence-electron chi connectivity index (χ1n) is 13.0. The first kappa shape index (κ1) is 30.1. The maximum atomic E-state index is 13.4. The first-order valence-corrected chi connectivity index (χ1v) is 13.8. The summed E-state index contributed by atoms with van der Waals surface area (Å²) in [5, 5.41) is 43.0. The molecule has 1 saturated heterocycles. The van der Waals surface area contributed by atoms with Crippen molar-refractivity contribution in [3.05, 3.63) is 17.7 Å². The van der Waals surface area contributed by atoms with Crippen LogP contribution < -0.4 is 5.32 Å². The molecule has 0 unspecified atom stereocenters. The fourth-order valence-electron chi connectivity index (χ4n) is 4.95. The number of amides is 1. The summed E-state index contributed by atoms with van der Waals surface area (Å²) >= 11 is 1.31. The van der Waals surface area contributed by atoms with Crippen molar-refractivity contribution in [2.45, 2.75) is 95.9 Å². The van der Waals surface area contributed by atoms with E-state index in [0.29, 0.717) is 37.2 Å². The van der Waals surface area contributed by atoms with Crippen molar-refractivity contribution < 1.29 is 43.9 Å². The van der Waals surface area contributed by atoms with Gasteiger partial charge in [-0.15, -0.1) is 10.2 Å². The number of hydrogen-bond acceptors (Lipinski definition) is 12. The largest absolute Gasteiger partial charge is 0.459 e. The Morgan fingerprint density at radius 1 is 1.18 bits per heavy atom. The average molecular weight is 556 g/mol. The second-order valence-electron chi connectivity index (χ2n) is 9.74. The molecule has 1 aromatic heterocycles. The summed E-state index contributed by atoms with van der Waals surface area (Å²) in [6.07, 6.45) is -2.68. The number of hydrogen-bond donors (Lipinski definition) is 4. The Morgan fingerprint density at radius 2 is 1.89 bits per heavy atom. The quantitative estimate of drug-likeness (QED) is 0.217. The summed E-state index contributed by atoms with van der Waals surface area (Å²) in [5.41, 5.74) is -0.810. The van der Waals surface area contributed by atoms with Crippen molar-refractivity contribution >= 4 is 34.3 Å². The molecule has 13 heteroatoms. The number of aliphatic hydroxyl groups is 3. The molecule has 3 rings (SSSR count). The van der Waals surface area contributed by atoms with Gasteiger partial charge in [0, 0.05) is 0 Å². The minimum atomic E-state index is -1.82. The maximum Gasteiger partial charge on any atom is 0.338 e. The van der Waals surface area contributed by atoms with Gasteiger partial charge in [0.2, 0.25) is 17.3 Å². The third-order valence-electron chi connectivity index (χ3n) is 7.02. The second kappa shape index (κ2) is 13.6. The molecule has 2 aliphatic rings. The number of anilines is 1. The van der Waals surface area contributed by atoms with E-state index >= 15 is 0 Å². The van der Waals surface area contributed by atoms with E-state index in [2.05, 4.69) is 22.1 Å². The van der Waals surface area contributed by atoms with Crippen LogP contribution in [0.15, 0.2) is 12.7 Å². The van der Waals surface area contributed by atoms with Crippen molar-refractivity contribution in [2.24, 2.45) is 11.3 Å². The number of aliphatic hydroxyl groups excluding tert-OH is 3. The third kappa shape index (κ3) is 6.94. The Hall–Kier alpha value is -2.45. The van der Waals surface area contributed by atoms with Crippen LogP contribution >= 0.6 is 11.3 Å². The van der Waals surface area contributed by atoms with E-state index in [1.807, 2.05) is 13.8 Å². The zero-order valence-electron chi connectivity index (χ0n) is 21.7. The Kier molecular flexibility index (Phi) is 10.7. The molecule has 2 fully saturated rings. The fourth-order valence-corrected chi connectivity index (χ4v) is 5.62. The molecule has 1 aromatic rings. The number of carbonyl (C=O) groups is 3. The Morgan fingerprint density at radius 3 is 2.50 bits per heavy atom. The number of ether oxygens (including phenoxy) is 3. The van der Waals surface area contributed by atoms with E-state index in [-0.39, 0.29) is 18.9 Å². The minimum absolute atomic E-state index is 0.159. The van der Waals surface area contributed by atoms with E-state index < -0.39 is 54.0 Å². The molecule has 38 heavy (non-hydrogen) atoms. The Labute approximate surface area is 225 Å². The monoisotopic (exact) mass is 555 g/mol. The lowest BCUT2D eigenvalue weighted by molar-refractivity contribution is -0.288. The average Bonchev–Trinajstić information content (AvgIpc) is 3.57. The second-order valence-corrected chi connectivity index (χ2v) is 10.8. The van der Waals surface area contributed by atoms with Crippen LogP contribution in [0, 0.1) is 11.3 Å². The lowest BCUT2D eigenvalue weighted by Crippen LogP contribution is -2.61. The zero-order chi connectivity index (χ0) is 27.9. The van der Waals surface area contributed by atoms with Crippen molar-refractivity contribution in [3.63, 3.8) is 0 Å². The smallest absolute Gasteiger partial charge is 0.338 e. The number of aromatic nitrogens is 2. The Balaban J connectivity index is 1.73. The SMILES string of the molecule is C=CCOC(=O)[C@H]1O[C@H](OC(=O)[C@H](CCC)CC2(C(=O)Nc3nnc(CC)s3)CCCC2)[C@H](O)[C@@H](O)[C@@H]1O. The van der Waals surface area contributed by atoms with Crippen LogP contribution in [0.4, 0.5) is 5.13 Å². The normalized spacial score (nSPS) is 27.3. The fraction of sp³-hybridized carbons (Fsp3) is 0.720. The predicted molar refractivity (Wildman–Crippen MR) is 136 cm³/mol. The van der Waals surface area contributed by atoms with Crippen molar-refractivity contribution in [1.29, 1.82) is 0 Å². The van der Waals surface area contributed by atoms with Crippen molar-refractivity contribution in [2.75, 3.05) is 11.9 Å². The van der Waals surface area contributed by atoms with Gasteiger partial charge in [0.05, 0.1) is 11.3 Å². The summed E-state index contributed by atoms with van der Waals surface area (Å²) < 4.78 is 15.7. The highest BCUT2D eigenvalue weighted by molar-refractivity contribution is 7.15. The first-order chi connectivity index (χ1) is 18.2. The third-order valence-corrected chi connectivity index (χ3v) is 8.00. The molecule has 1 saturated carbocycles. The van der Waals surface area contributed by atoms with Crippen molar-refractivity contribution in [1.82, 2.24) is 10.2 Å². The van der Waals surface area contributed by atoms with Gasteiger partial charge in [0.15, 0.2) is 6.10 Å². The van der Waals surface area contributed by atoms with E-state index in [0.717, 1.165) is 17.8 Å². The molecule has 1 aliphatic carbocycles. The number of aryl methyl sites for hydroxylation is 1. The number of nitrogens with zero attached hydrogens (tertiary/aromatic N) is 2. The van der Waals surface area contributed by atoms with Gasteiger partial charge in [-0.3, -0.25) is 9.59 Å². The van der Waals surface area contributed by atoms with Gasteiger partial charge < -0.3 is 34.8 Å². The molecule has 0 bridgehead atoms. The van der Waals surface area contributed by atoms with Gasteiger partial charge >= 0.3 is 11.9 Å². The van der Waals surface area contributed by atoms with E-state index in [9.17, 15) is 29.7 Å². The maximum absolute atomic E-state index is 13.4. The van der Waals surface area contributed by atoms with Gasteiger partial charge in [-0.05, 0) is 32.1 Å². The van der Waals surface area contributed by atoms with Gasteiger partial charge in [-0.25, -0.2) is 4.79 Å². The van der Waals surface area contributed by atoms with Gasteiger partial charge in [-0.2, -0.15) is 0 Å². The molecule has 4 N–H and O–H groups in total. The lowest BCUT2D eigenvalue weighted by Gasteiger charge is -2.39. The molecule has 0 radical (unpaired) electrons. The highest BCUT2D eigenvalue weighted by Gasteiger charge is 2.50. The summed E-state index contributed by atoms with van der Waals surface area (Å²) in [6, 6.07) is 0. The zero-order valence-corrected chi connectivity index (χ0v) is 22.5. The molecule has 1 aliphatic heterocycles. The summed E-state index contributed by atoms with van der Waals surface area (Å²) in [6.45, 7) is 7.12. The van der Waals surface area contributed by atoms with Crippen LogP contribution in [0.1, 0.15) is 63.8 Å². The van der Waals surface area contributed by atoms with Gasteiger partial charge in [-0.1, -0.05) is 57.1 Å². The number of carbonyl (C=O) groups excluding carboxylic acids is 3. The van der Waals surface area contributed by atoms with Crippen LogP contribution in [-0.2, 0) is 35.0 Å². The van der Waals surface area contributed by atoms with E-state index in [1.165, 1.54) is 17.4 Å². The summed E-state index contributed by atoms with van der Waals surface area (Å²) in [5.74, 6) is -2.67. The van der Waals surface area contributed by atoms with E-state index in [1.54, 1.807) is 0 Å². The lowest BCUT2D eigenvalue weighted by atomic mass is 9.75. The van der Waals surface area contributed by atoms with Crippen LogP contribution in [0.2, 0.25) is 0 Å². The molecule has 6 atom stereocenters. The van der Waals surface area contributed by atoms with Crippen LogP contribution in [0.25, 0.3) is 0 Å². The molecule has 212 valence electrons. The number of nitrogens with one attached hydrogen (secondary N) is 1. The van der Waals surface area contributed by atoms with Crippen molar-refractivity contribution in [3.8, 4) is 0 Å². The van der Waals surface area contributed by atoms with Gasteiger partial charge in [0.1, 0.15) is 29.9 Å². The highest BCUT2D eigenvalue weighted by atomic mass is 32.1.